The van der Waals surface area contributed by atoms with Crippen molar-refractivity contribution in [2.24, 2.45) is 0 Å². The average molecular weight is 1000 g/mol. The molecule has 0 aromatic heterocycles. The topological polar surface area (TPSA) is 361 Å². The average Bonchev–Trinajstić information content (AvgIpc) is 3.24. The van der Waals surface area contributed by atoms with E-state index in [0.717, 1.165) is 74.4 Å². The minimum atomic E-state index is -2.00. The van der Waals surface area contributed by atoms with Gasteiger partial charge in [0, 0.05) is 74.4 Å². The molecule has 3 N–H and O–H groups in total. The molecule has 0 saturated carbocycles. The number of benzene rings is 1. The van der Waals surface area contributed by atoms with Crippen molar-refractivity contribution >= 4 is 59.3 Å². The molecule has 28 nitrogen and oxygen atoms in total. The van der Waals surface area contributed by atoms with Crippen LogP contribution in [-0.4, -0.2) is 175 Å². The Kier molecular flexibility index (Phi) is 20.3. The molecule has 3 heterocycles. The minimum absolute atomic E-state index is 0.0940. The molecule has 3 aliphatic heterocycles. The third kappa shape index (κ3) is 16.0. The van der Waals surface area contributed by atoms with Gasteiger partial charge in [0.25, 0.3) is 5.69 Å². The summed E-state index contributed by atoms with van der Waals surface area (Å²) in [6, 6.07) is 1.43. The number of non-ortho nitro benzene ring substituents is 1. The predicted molar refractivity (Wildman–Crippen MR) is 223 cm³/mol. The van der Waals surface area contributed by atoms with E-state index in [1.807, 2.05) is 0 Å². The molecular weight excluding hydrogens is 946 g/mol. The summed E-state index contributed by atoms with van der Waals surface area (Å²) in [4.78, 5) is 123. The maximum Gasteiger partial charge on any atom is 0.303 e. The van der Waals surface area contributed by atoms with E-state index in [1.165, 1.54) is 12.1 Å². The second-order valence-electron chi connectivity index (χ2n) is 15.9. The van der Waals surface area contributed by atoms with Crippen LogP contribution in [0.5, 0.6) is 5.75 Å². The molecule has 1 aromatic rings. The largest absolute Gasteiger partial charge is 0.463 e. The van der Waals surface area contributed by atoms with Crippen LogP contribution in [0.1, 0.15) is 62.3 Å². The van der Waals surface area contributed by atoms with E-state index in [0.29, 0.717) is 0 Å². The number of nitro benzene ring substituents is 1. The normalized spacial score (nSPS) is 30.5. The lowest BCUT2D eigenvalue weighted by molar-refractivity contribution is -0.384. The van der Waals surface area contributed by atoms with Crippen molar-refractivity contribution < 1.29 is 115 Å². The molecule has 2 amide bonds. The number of aliphatic hydroxyl groups excluding tert-OH is 1. The van der Waals surface area contributed by atoms with Crippen LogP contribution in [0.25, 0.3) is 0 Å². The fourth-order valence-corrected chi connectivity index (χ4v) is 7.56. The Morgan fingerprint density at radius 2 is 0.943 bits per heavy atom. The zero-order chi connectivity index (χ0) is 52.1. The molecule has 1 aromatic carbocycles. The predicted octanol–water partition coefficient (Wildman–Crippen LogP) is -1.29. The van der Waals surface area contributed by atoms with Crippen molar-refractivity contribution in [3.05, 3.63) is 34.4 Å². The van der Waals surface area contributed by atoms with Gasteiger partial charge in [0.15, 0.2) is 43.1 Å². The fraction of sp³-hybridized carbons (Fsp3) is 0.643. The molecule has 0 aliphatic carbocycles. The highest BCUT2D eigenvalue weighted by molar-refractivity contribution is 5.74. The third-order valence-electron chi connectivity index (χ3n) is 10.1. The van der Waals surface area contributed by atoms with Crippen LogP contribution in [0, 0.1) is 10.1 Å². The van der Waals surface area contributed by atoms with E-state index in [9.17, 15) is 58.4 Å². The Labute approximate surface area is 398 Å². The number of esters is 7. The maximum absolute atomic E-state index is 12.9. The van der Waals surface area contributed by atoms with Gasteiger partial charge in [0.05, 0.1) is 11.5 Å². The first kappa shape index (κ1) is 56.0. The van der Waals surface area contributed by atoms with Crippen LogP contribution in [0.3, 0.4) is 0 Å². The number of carbonyl (C=O) groups excluding carboxylic acids is 9. The quantitative estimate of drug-likeness (QED) is 0.0628. The molecule has 3 fully saturated rings. The fourth-order valence-electron chi connectivity index (χ4n) is 7.56. The molecule has 70 heavy (non-hydrogen) atoms. The van der Waals surface area contributed by atoms with E-state index in [1.54, 1.807) is 0 Å². The molecule has 0 spiro atoms. The molecule has 3 saturated heterocycles. The van der Waals surface area contributed by atoms with Crippen molar-refractivity contribution in [1.29, 1.82) is 0 Å². The number of nitrogens with one attached hydrogen (secondary N) is 2. The minimum Gasteiger partial charge on any atom is -0.463 e. The second-order valence-corrected chi connectivity index (χ2v) is 15.9. The molecule has 4 rings (SSSR count). The first-order valence-electron chi connectivity index (χ1n) is 21.3. The summed E-state index contributed by atoms with van der Waals surface area (Å²) in [6.45, 7) is 7.26. The lowest BCUT2D eigenvalue weighted by Gasteiger charge is -2.49. The van der Waals surface area contributed by atoms with Gasteiger partial charge in [-0.05, 0) is 12.1 Å². The van der Waals surface area contributed by atoms with E-state index in [4.69, 9.17) is 61.6 Å². The van der Waals surface area contributed by atoms with Crippen molar-refractivity contribution in [2.75, 3.05) is 19.8 Å². The number of hydrogen-bond acceptors (Lipinski definition) is 25. The Hall–Kier alpha value is -6.59. The Bertz CT molecular complexity index is 2090. The van der Waals surface area contributed by atoms with Crippen molar-refractivity contribution in [3.63, 3.8) is 0 Å². The summed E-state index contributed by atoms with van der Waals surface area (Å²) in [7, 11) is 0. The summed E-state index contributed by atoms with van der Waals surface area (Å²) < 4.78 is 74.8. The van der Waals surface area contributed by atoms with E-state index in [2.05, 4.69) is 10.6 Å². The van der Waals surface area contributed by atoms with Gasteiger partial charge in [-0.2, -0.15) is 0 Å². The number of ether oxygens (including phenoxy) is 13. The second kappa shape index (κ2) is 25.3. The highest BCUT2D eigenvalue weighted by Crippen LogP contribution is 2.35. The zero-order valence-corrected chi connectivity index (χ0v) is 39.3. The molecule has 15 unspecified atom stereocenters. The van der Waals surface area contributed by atoms with Gasteiger partial charge in [-0.25, -0.2) is 0 Å². The first-order chi connectivity index (χ1) is 32.8. The van der Waals surface area contributed by atoms with E-state index >= 15 is 0 Å². The SMILES string of the molecule is CC(=O)NC1C(Oc2ccc([N+](=O)[O-])cc2)OC(COC2OC(COC(C)=O)C(OC(C)=O)C(OC(C)=O)C2NC(C)=O)C(O)C1OC1OC(COC(C)=O)C(OC(C)=O)C(OC(C)=O)C1OC(C)=O. The monoisotopic (exact) mass is 1000 g/mol. The Balaban J connectivity index is 1.85. The van der Waals surface area contributed by atoms with Gasteiger partial charge in [-0.1, -0.05) is 0 Å². The van der Waals surface area contributed by atoms with E-state index < -0.39 is 170 Å². The maximum atomic E-state index is 12.9. The Morgan fingerprint density at radius 3 is 1.40 bits per heavy atom. The van der Waals surface area contributed by atoms with Crippen LogP contribution < -0.4 is 15.4 Å². The summed E-state index contributed by atoms with van der Waals surface area (Å²) in [5.41, 5.74) is -0.335. The summed E-state index contributed by atoms with van der Waals surface area (Å²) in [5, 5.41) is 28.8. The summed E-state index contributed by atoms with van der Waals surface area (Å²) in [5.74, 6) is -7.90. The van der Waals surface area contributed by atoms with Crippen LogP contribution in [-0.2, 0) is 100.0 Å². The molecule has 0 radical (unpaired) electrons. The molecule has 15 atom stereocenters. The summed E-state index contributed by atoms with van der Waals surface area (Å²) >= 11 is 0. The third-order valence-corrected chi connectivity index (χ3v) is 10.1. The van der Waals surface area contributed by atoms with Crippen molar-refractivity contribution in [1.82, 2.24) is 10.6 Å². The van der Waals surface area contributed by atoms with Crippen LogP contribution >= 0.6 is 0 Å². The molecule has 388 valence electrons. The lowest BCUT2D eigenvalue weighted by atomic mass is 9.94. The number of nitrogens with zero attached hydrogens (tertiary/aromatic N) is 1. The highest BCUT2D eigenvalue weighted by Gasteiger charge is 2.57. The highest BCUT2D eigenvalue weighted by atomic mass is 16.8. The van der Waals surface area contributed by atoms with Gasteiger partial charge in [-0.3, -0.25) is 53.3 Å². The number of amides is 2. The number of nitro groups is 1. The number of carbonyl (C=O) groups is 9. The van der Waals surface area contributed by atoms with Gasteiger partial charge >= 0.3 is 41.8 Å². The smallest absolute Gasteiger partial charge is 0.303 e. The standard InChI is InChI=1S/C42H55N3O25/c1-17(46)43-31-36(70-42-39(65-25(9)54)38(64-24(8)53)35(62-22(6)51)30(69-42)16-59-20(4)49)33(55)28(67-41(31)66-27-12-10-26(11-13-27)45(56)57)14-60-40-32(44-18(2)47)37(63-23(7)52)34(61-21(5)50)29(68-40)15-58-19(3)48/h10-13,28-42,55H,14-16H2,1-9H3,(H,43,46)(H,44,47). The van der Waals surface area contributed by atoms with Gasteiger partial charge in [-0.15, -0.1) is 0 Å². The zero-order valence-electron chi connectivity index (χ0n) is 39.3. The molecule has 0 bridgehead atoms. The van der Waals surface area contributed by atoms with Crippen molar-refractivity contribution in [2.45, 2.75) is 154 Å². The van der Waals surface area contributed by atoms with Crippen molar-refractivity contribution in [3.8, 4) is 5.75 Å². The van der Waals surface area contributed by atoms with Gasteiger partial charge in [0.1, 0.15) is 61.6 Å². The Morgan fingerprint density at radius 1 is 0.529 bits per heavy atom. The van der Waals surface area contributed by atoms with Crippen LogP contribution in [0.4, 0.5) is 5.69 Å². The summed E-state index contributed by atoms with van der Waals surface area (Å²) in [6.07, 6.45) is -22.2. The molecule has 28 heteroatoms. The van der Waals surface area contributed by atoms with Gasteiger partial charge < -0.3 is 77.3 Å². The molecule has 3 aliphatic rings. The molecular formula is C42H55N3O25. The van der Waals surface area contributed by atoms with Crippen LogP contribution in [0.2, 0.25) is 0 Å². The number of aliphatic hydroxyl groups is 1. The first-order valence-corrected chi connectivity index (χ1v) is 21.3. The number of hydrogen-bond donors (Lipinski definition) is 3. The van der Waals surface area contributed by atoms with E-state index in [-0.39, 0.29) is 11.4 Å². The lowest BCUT2D eigenvalue weighted by Crippen LogP contribution is -2.70. The van der Waals surface area contributed by atoms with Gasteiger partial charge in [0.2, 0.25) is 18.1 Å². The number of rotatable bonds is 19. The van der Waals surface area contributed by atoms with Crippen LogP contribution in [0.15, 0.2) is 24.3 Å².